The highest BCUT2D eigenvalue weighted by molar-refractivity contribution is 9.10. The minimum atomic E-state index is -0.157. The molecule has 1 aromatic carbocycles. The zero-order valence-electron chi connectivity index (χ0n) is 12.7. The molecule has 1 fully saturated rings. The maximum atomic E-state index is 14.1. The number of morpholine rings is 1. The van der Waals surface area contributed by atoms with E-state index in [2.05, 4.69) is 40.0 Å². The van der Waals surface area contributed by atoms with E-state index in [9.17, 15) is 4.39 Å². The van der Waals surface area contributed by atoms with Crippen molar-refractivity contribution >= 4 is 15.9 Å². The lowest BCUT2D eigenvalue weighted by atomic mass is 9.99. The average molecular weight is 359 g/mol. The third-order valence-corrected chi connectivity index (χ3v) is 4.49. The van der Waals surface area contributed by atoms with Gasteiger partial charge in [0.25, 0.3) is 0 Å². The van der Waals surface area contributed by atoms with E-state index in [1.54, 1.807) is 0 Å². The SMILES string of the molecule is CCNC(Cc1ccc(Br)cc1F)C1CN(CC)CCO1. The van der Waals surface area contributed by atoms with E-state index in [4.69, 9.17) is 4.74 Å². The van der Waals surface area contributed by atoms with E-state index >= 15 is 0 Å². The molecule has 2 atom stereocenters. The molecule has 2 rings (SSSR count). The highest BCUT2D eigenvalue weighted by atomic mass is 79.9. The highest BCUT2D eigenvalue weighted by Gasteiger charge is 2.27. The van der Waals surface area contributed by atoms with Crippen LogP contribution < -0.4 is 5.32 Å². The lowest BCUT2D eigenvalue weighted by Crippen LogP contribution is -2.53. The van der Waals surface area contributed by atoms with Gasteiger partial charge in [0, 0.05) is 23.6 Å². The second-order valence-corrected chi connectivity index (χ2v) is 6.32. The molecular weight excluding hydrogens is 335 g/mol. The minimum absolute atomic E-state index is 0.113. The Bertz CT molecular complexity index is 458. The van der Waals surface area contributed by atoms with E-state index < -0.39 is 0 Å². The molecule has 0 spiro atoms. The maximum absolute atomic E-state index is 14.1. The van der Waals surface area contributed by atoms with E-state index in [1.165, 1.54) is 6.07 Å². The average Bonchev–Trinajstić information content (AvgIpc) is 2.49. The first kappa shape index (κ1) is 16.9. The van der Waals surface area contributed by atoms with Crippen LogP contribution in [0.2, 0.25) is 0 Å². The van der Waals surface area contributed by atoms with Gasteiger partial charge in [-0.1, -0.05) is 35.8 Å². The second kappa shape index (κ2) is 8.22. The minimum Gasteiger partial charge on any atom is -0.374 e. The Hall–Kier alpha value is -0.490. The Kier molecular flexibility index (Phi) is 6.61. The third kappa shape index (κ3) is 4.74. The fourth-order valence-electron chi connectivity index (χ4n) is 2.78. The summed E-state index contributed by atoms with van der Waals surface area (Å²) in [6.07, 6.45) is 0.761. The Labute approximate surface area is 135 Å². The van der Waals surface area contributed by atoms with Crippen LogP contribution >= 0.6 is 15.9 Å². The molecule has 5 heteroatoms. The van der Waals surface area contributed by atoms with Gasteiger partial charge in [0.1, 0.15) is 5.82 Å². The molecule has 0 aromatic heterocycles. The summed E-state index contributed by atoms with van der Waals surface area (Å²) in [4.78, 5) is 2.39. The van der Waals surface area contributed by atoms with Crippen molar-refractivity contribution in [1.29, 1.82) is 0 Å². The van der Waals surface area contributed by atoms with Crippen molar-refractivity contribution in [3.05, 3.63) is 34.1 Å². The van der Waals surface area contributed by atoms with Gasteiger partial charge in [0.05, 0.1) is 12.7 Å². The molecule has 1 aliphatic heterocycles. The first-order valence-corrected chi connectivity index (χ1v) is 8.44. The Morgan fingerprint density at radius 1 is 1.48 bits per heavy atom. The molecule has 1 heterocycles. The van der Waals surface area contributed by atoms with Crippen LogP contribution in [-0.4, -0.2) is 49.8 Å². The number of nitrogens with one attached hydrogen (secondary N) is 1. The molecule has 0 amide bonds. The molecule has 1 N–H and O–H groups in total. The van der Waals surface area contributed by atoms with Crippen molar-refractivity contribution in [3.63, 3.8) is 0 Å². The quantitative estimate of drug-likeness (QED) is 0.846. The summed E-state index contributed by atoms with van der Waals surface area (Å²) < 4.78 is 20.7. The number of benzene rings is 1. The molecule has 118 valence electrons. The van der Waals surface area contributed by atoms with Crippen LogP contribution in [-0.2, 0) is 11.2 Å². The topological polar surface area (TPSA) is 24.5 Å². The van der Waals surface area contributed by atoms with Crippen molar-refractivity contribution in [2.75, 3.05) is 32.8 Å². The largest absolute Gasteiger partial charge is 0.374 e. The van der Waals surface area contributed by atoms with Crippen molar-refractivity contribution < 1.29 is 9.13 Å². The van der Waals surface area contributed by atoms with Crippen LogP contribution in [0, 0.1) is 5.82 Å². The predicted octanol–water partition coefficient (Wildman–Crippen LogP) is 2.83. The van der Waals surface area contributed by atoms with Gasteiger partial charge in [-0.3, -0.25) is 4.90 Å². The lowest BCUT2D eigenvalue weighted by molar-refractivity contribution is -0.0446. The van der Waals surface area contributed by atoms with Crippen LogP contribution in [0.3, 0.4) is 0 Å². The standard InChI is InChI=1S/C16H24BrFN2O/c1-3-19-15(16-11-20(4-2)7-8-21-16)9-12-5-6-13(17)10-14(12)18/h5-6,10,15-16,19H,3-4,7-9,11H2,1-2H3. The zero-order chi connectivity index (χ0) is 15.2. The van der Waals surface area contributed by atoms with Gasteiger partial charge < -0.3 is 10.1 Å². The Morgan fingerprint density at radius 3 is 2.95 bits per heavy atom. The summed E-state index contributed by atoms with van der Waals surface area (Å²) in [5, 5.41) is 3.46. The zero-order valence-corrected chi connectivity index (χ0v) is 14.3. The molecule has 21 heavy (non-hydrogen) atoms. The summed E-state index contributed by atoms with van der Waals surface area (Å²) in [6.45, 7) is 8.78. The first-order valence-electron chi connectivity index (χ1n) is 7.65. The van der Waals surface area contributed by atoms with Gasteiger partial charge >= 0.3 is 0 Å². The van der Waals surface area contributed by atoms with E-state index in [0.717, 1.165) is 42.8 Å². The van der Waals surface area contributed by atoms with Gasteiger partial charge in [-0.2, -0.15) is 0 Å². The molecule has 2 unspecified atom stereocenters. The molecule has 0 aliphatic carbocycles. The summed E-state index contributed by atoms with van der Waals surface area (Å²) in [6, 6.07) is 5.41. The molecule has 1 aromatic rings. The van der Waals surface area contributed by atoms with Gasteiger partial charge in [-0.05, 0) is 37.2 Å². The monoisotopic (exact) mass is 358 g/mol. The normalized spacial score (nSPS) is 21.4. The summed E-state index contributed by atoms with van der Waals surface area (Å²) in [5.74, 6) is -0.157. The number of likely N-dealkylation sites (N-methyl/N-ethyl adjacent to an activating group) is 2. The van der Waals surface area contributed by atoms with E-state index in [-0.39, 0.29) is 18.0 Å². The van der Waals surface area contributed by atoms with Gasteiger partial charge in [0.15, 0.2) is 0 Å². The fraction of sp³-hybridized carbons (Fsp3) is 0.625. The molecular formula is C16H24BrFN2O. The third-order valence-electron chi connectivity index (χ3n) is 3.99. The molecule has 0 bridgehead atoms. The smallest absolute Gasteiger partial charge is 0.127 e. The van der Waals surface area contributed by atoms with Crippen LogP contribution in [0.15, 0.2) is 22.7 Å². The predicted molar refractivity (Wildman–Crippen MR) is 87.1 cm³/mol. The Morgan fingerprint density at radius 2 is 2.29 bits per heavy atom. The van der Waals surface area contributed by atoms with Gasteiger partial charge in [-0.15, -0.1) is 0 Å². The lowest BCUT2D eigenvalue weighted by Gasteiger charge is -2.37. The number of hydrogen-bond acceptors (Lipinski definition) is 3. The highest BCUT2D eigenvalue weighted by Crippen LogP contribution is 2.19. The van der Waals surface area contributed by atoms with Crippen molar-refractivity contribution in [2.24, 2.45) is 0 Å². The fourth-order valence-corrected chi connectivity index (χ4v) is 3.12. The second-order valence-electron chi connectivity index (χ2n) is 5.41. The van der Waals surface area contributed by atoms with Gasteiger partial charge in [-0.25, -0.2) is 4.39 Å². The number of hydrogen-bond donors (Lipinski definition) is 1. The summed E-state index contributed by atoms with van der Waals surface area (Å²) in [5.41, 5.74) is 0.737. The van der Waals surface area contributed by atoms with E-state index in [1.807, 2.05) is 12.1 Å². The van der Waals surface area contributed by atoms with Crippen LogP contribution in [0.4, 0.5) is 4.39 Å². The number of rotatable bonds is 6. The van der Waals surface area contributed by atoms with Crippen LogP contribution in [0.1, 0.15) is 19.4 Å². The molecule has 3 nitrogen and oxygen atoms in total. The van der Waals surface area contributed by atoms with Crippen LogP contribution in [0.25, 0.3) is 0 Å². The summed E-state index contributed by atoms with van der Waals surface area (Å²) in [7, 11) is 0. The first-order chi connectivity index (χ1) is 10.1. The maximum Gasteiger partial charge on any atom is 0.127 e. The molecule has 0 saturated carbocycles. The molecule has 1 aliphatic rings. The van der Waals surface area contributed by atoms with Crippen molar-refractivity contribution in [2.45, 2.75) is 32.4 Å². The van der Waals surface area contributed by atoms with Crippen molar-refractivity contribution in [3.8, 4) is 0 Å². The van der Waals surface area contributed by atoms with E-state index in [0.29, 0.717) is 6.42 Å². The Balaban J connectivity index is 2.07. The molecule has 1 saturated heterocycles. The van der Waals surface area contributed by atoms with Gasteiger partial charge in [0.2, 0.25) is 0 Å². The van der Waals surface area contributed by atoms with Crippen LogP contribution in [0.5, 0.6) is 0 Å². The number of nitrogens with zero attached hydrogens (tertiary/aromatic N) is 1. The molecule has 0 radical (unpaired) electrons. The number of ether oxygens (including phenoxy) is 1. The number of halogens is 2. The van der Waals surface area contributed by atoms with Crippen molar-refractivity contribution in [1.82, 2.24) is 10.2 Å². The summed E-state index contributed by atoms with van der Waals surface area (Å²) >= 11 is 3.30.